The number of ether oxygens (including phenoxy) is 1. The fourth-order valence-corrected chi connectivity index (χ4v) is 1.62. The van der Waals surface area contributed by atoms with Gasteiger partial charge in [0.05, 0.1) is 18.8 Å². The van der Waals surface area contributed by atoms with Gasteiger partial charge in [-0.1, -0.05) is 12.1 Å². The second kappa shape index (κ2) is 2.79. The lowest BCUT2D eigenvalue weighted by molar-refractivity contribution is -0.0573. The molecule has 1 heterocycles. The first-order valence-electron chi connectivity index (χ1n) is 4.26. The van der Waals surface area contributed by atoms with E-state index in [-0.39, 0.29) is 5.82 Å². The van der Waals surface area contributed by atoms with Crippen molar-refractivity contribution in [3.05, 3.63) is 35.1 Å². The summed E-state index contributed by atoms with van der Waals surface area (Å²) in [6, 6.07) is 4.99. The summed E-state index contributed by atoms with van der Waals surface area (Å²) in [5.74, 6) is -0.200. The van der Waals surface area contributed by atoms with Crippen molar-refractivity contribution >= 4 is 0 Å². The van der Waals surface area contributed by atoms with E-state index >= 15 is 0 Å². The summed E-state index contributed by atoms with van der Waals surface area (Å²) in [5, 5.41) is 0. The quantitative estimate of drug-likeness (QED) is 0.709. The van der Waals surface area contributed by atoms with Crippen molar-refractivity contribution in [3.63, 3.8) is 0 Å². The Bertz CT molecular complexity index is 334. The van der Waals surface area contributed by atoms with E-state index in [0.29, 0.717) is 18.8 Å². The summed E-state index contributed by atoms with van der Waals surface area (Å²) in [5.41, 5.74) is 7.03. The van der Waals surface area contributed by atoms with E-state index in [1.807, 2.05) is 6.07 Å². The van der Waals surface area contributed by atoms with Crippen molar-refractivity contribution in [2.75, 3.05) is 13.2 Å². The Morgan fingerprint density at radius 1 is 1.46 bits per heavy atom. The predicted octanol–water partition coefficient (Wildman–Crippen LogP) is 1.32. The monoisotopic (exact) mass is 181 g/mol. The molecule has 1 fully saturated rings. The molecule has 0 bridgehead atoms. The van der Waals surface area contributed by atoms with E-state index in [9.17, 15) is 4.39 Å². The van der Waals surface area contributed by atoms with Gasteiger partial charge in [0.25, 0.3) is 0 Å². The minimum atomic E-state index is -0.466. The van der Waals surface area contributed by atoms with E-state index in [0.717, 1.165) is 5.56 Å². The molecule has 0 aliphatic carbocycles. The molecule has 1 saturated heterocycles. The van der Waals surface area contributed by atoms with E-state index in [4.69, 9.17) is 10.5 Å². The molecule has 0 aromatic heterocycles. The van der Waals surface area contributed by atoms with Crippen LogP contribution in [-0.4, -0.2) is 13.2 Å². The van der Waals surface area contributed by atoms with Gasteiger partial charge in [-0.05, 0) is 24.1 Å². The molecule has 0 saturated carbocycles. The van der Waals surface area contributed by atoms with Crippen LogP contribution >= 0.6 is 0 Å². The van der Waals surface area contributed by atoms with E-state index < -0.39 is 5.54 Å². The zero-order valence-corrected chi connectivity index (χ0v) is 7.51. The molecule has 0 amide bonds. The van der Waals surface area contributed by atoms with Gasteiger partial charge in [0.2, 0.25) is 0 Å². The fourth-order valence-electron chi connectivity index (χ4n) is 1.62. The number of hydrogen-bond donors (Lipinski definition) is 1. The van der Waals surface area contributed by atoms with Crippen LogP contribution in [0.2, 0.25) is 0 Å². The predicted molar refractivity (Wildman–Crippen MR) is 47.8 cm³/mol. The third kappa shape index (κ3) is 1.24. The molecule has 0 spiro atoms. The Labute approximate surface area is 76.5 Å². The van der Waals surface area contributed by atoms with Gasteiger partial charge in [0, 0.05) is 0 Å². The van der Waals surface area contributed by atoms with Gasteiger partial charge < -0.3 is 10.5 Å². The summed E-state index contributed by atoms with van der Waals surface area (Å²) in [7, 11) is 0. The molecule has 0 atom stereocenters. The van der Waals surface area contributed by atoms with Crippen LogP contribution in [0.25, 0.3) is 0 Å². The standard InChI is InChI=1S/C10H12FNO/c1-7-8(3-2-4-9(7)11)10(12)5-13-6-10/h2-4H,5-6,12H2,1H3. The number of halogens is 1. The van der Waals surface area contributed by atoms with E-state index in [1.165, 1.54) is 6.07 Å². The van der Waals surface area contributed by atoms with Gasteiger partial charge in [-0.3, -0.25) is 0 Å². The maximum atomic E-state index is 13.2. The van der Waals surface area contributed by atoms with Crippen LogP contribution in [0.15, 0.2) is 18.2 Å². The molecule has 0 radical (unpaired) electrons. The highest BCUT2D eigenvalue weighted by atomic mass is 19.1. The smallest absolute Gasteiger partial charge is 0.126 e. The molecule has 2 N–H and O–H groups in total. The molecular weight excluding hydrogens is 169 g/mol. The van der Waals surface area contributed by atoms with Crippen LogP contribution in [0.5, 0.6) is 0 Å². The van der Waals surface area contributed by atoms with E-state index in [1.54, 1.807) is 13.0 Å². The minimum Gasteiger partial charge on any atom is -0.377 e. The molecule has 2 nitrogen and oxygen atoms in total. The first-order chi connectivity index (χ1) is 6.13. The van der Waals surface area contributed by atoms with Crippen molar-refractivity contribution in [2.24, 2.45) is 5.73 Å². The SMILES string of the molecule is Cc1c(F)cccc1C1(N)COC1. The van der Waals surface area contributed by atoms with E-state index in [2.05, 4.69) is 0 Å². The number of benzene rings is 1. The Kier molecular flexibility index (Phi) is 1.86. The van der Waals surface area contributed by atoms with Gasteiger partial charge in [-0.2, -0.15) is 0 Å². The van der Waals surface area contributed by atoms with Gasteiger partial charge in [-0.25, -0.2) is 4.39 Å². The molecule has 0 unspecified atom stereocenters. The van der Waals surface area contributed by atoms with Crippen molar-refractivity contribution in [2.45, 2.75) is 12.5 Å². The lowest BCUT2D eigenvalue weighted by Crippen LogP contribution is -2.54. The summed E-state index contributed by atoms with van der Waals surface area (Å²) in [6.07, 6.45) is 0. The Hall–Kier alpha value is -0.930. The second-order valence-electron chi connectivity index (χ2n) is 3.56. The fraction of sp³-hybridized carbons (Fsp3) is 0.400. The van der Waals surface area contributed by atoms with Crippen molar-refractivity contribution < 1.29 is 9.13 Å². The zero-order valence-electron chi connectivity index (χ0n) is 7.51. The highest BCUT2D eigenvalue weighted by molar-refractivity contribution is 5.35. The molecule has 70 valence electrons. The summed E-state index contributed by atoms with van der Waals surface area (Å²) in [4.78, 5) is 0. The maximum absolute atomic E-state index is 13.2. The number of rotatable bonds is 1. The van der Waals surface area contributed by atoms with Crippen LogP contribution in [0.3, 0.4) is 0 Å². The minimum absolute atomic E-state index is 0.200. The molecule has 1 aromatic carbocycles. The van der Waals surface area contributed by atoms with Crippen LogP contribution in [0.1, 0.15) is 11.1 Å². The third-order valence-corrected chi connectivity index (χ3v) is 2.52. The molecular formula is C10H12FNO. The topological polar surface area (TPSA) is 35.2 Å². The largest absolute Gasteiger partial charge is 0.377 e. The van der Waals surface area contributed by atoms with Crippen LogP contribution in [0, 0.1) is 12.7 Å². The number of nitrogens with two attached hydrogens (primary N) is 1. The maximum Gasteiger partial charge on any atom is 0.126 e. The van der Waals surface area contributed by atoms with Crippen LogP contribution in [-0.2, 0) is 10.3 Å². The first-order valence-corrected chi connectivity index (χ1v) is 4.26. The summed E-state index contributed by atoms with van der Waals surface area (Å²) in [6.45, 7) is 2.71. The number of hydrogen-bond acceptors (Lipinski definition) is 2. The van der Waals surface area contributed by atoms with Crippen molar-refractivity contribution in [3.8, 4) is 0 Å². The first kappa shape index (κ1) is 8.66. The van der Waals surface area contributed by atoms with Gasteiger partial charge in [0.15, 0.2) is 0 Å². The molecule has 13 heavy (non-hydrogen) atoms. The van der Waals surface area contributed by atoms with Crippen LogP contribution < -0.4 is 5.73 Å². The average molecular weight is 181 g/mol. The second-order valence-corrected chi connectivity index (χ2v) is 3.56. The molecule has 1 aliphatic rings. The lowest BCUT2D eigenvalue weighted by atomic mass is 9.86. The summed E-state index contributed by atoms with van der Waals surface area (Å²) < 4.78 is 18.2. The highest BCUT2D eigenvalue weighted by Gasteiger charge is 2.37. The normalized spacial score (nSPS) is 19.6. The molecule has 3 heteroatoms. The average Bonchev–Trinajstić information content (AvgIpc) is 2.06. The van der Waals surface area contributed by atoms with Gasteiger partial charge in [-0.15, -0.1) is 0 Å². The zero-order chi connectivity index (χ0) is 9.47. The van der Waals surface area contributed by atoms with Crippen molar-refractivity contribution in [1.29, 1.82) is 0 Å². The van der Waals surface area contributed by atoms with Gasteiger partial charge >= 0.3 is 0 Å². The third-order valence-electron chi connectivity index (χ3n) is 2.52. The lowest BCUT2D eigenvalue weighted by Gasteiger charge is -2.39. The molecule has 2 rings (SSSR count). The Morgan fingerprint density at radius 3 is 2.69 bits per heavy atom. The molecule has 1 aliphatic heterocycles. The summed E-state index contributed by atoms with van der Waals surface area (Å²) >= 11 is 0. The molecule has 1 aromatic rings. The highest BCUT2D eigenvalue weighted by Crippen LogP contribution is 2.29. The van der Waals surface area contributed by atoms with Crippen molar-refractivity contribution in [1.82, 2.24) is 0 Å². The van der Waals surface area contributed by atoms with Crippen LogP contribution in [0.4, 0.5) is 4.39 Å². The van der Waals surface area contributed by atoms with Gasteiger partial charge in [0.1, 0.15) is 5.82 Å². The Morgan fingerprint density at radius 2 is 2.15 bits per heavy atom. The Balaban J connectivity index is 2.45.